The van der Waals surface area contributed by atoms with Gasteiger partial charge in [-0.05, 0) is 56.9 Å². The Morgan fingerprint density at radius 1 is 1.18 bits per heavy atom. The Labute approximate surface area is 192 Å². The predicted molar refractivity (Wildman–Crippen MR) is 120 cm³/mol. The molecule has 0 aliphatic carbocycles. The van der Waals surface area contributed by atoms with Crippen LogP contribution < -0.4 is 5.32 Å². The normalized spacial score (nSPS) is 18.9. The van der Waals surface area contributed by atoms with Crippen LogP contribution in [0.25, 0.3) is 5.57 Å². The topological polar surface area (TPSA) is 113 Å². The summed E-state index contributed by atoms with van der Waals surface area (Å²) < 4.78 is 5.36. The molecule has 3 rings (SSSR count). The number of ether oxygens (including phenoxy) is 1. The number of allylic oxidation sites excluding steroid dienone is 1. The number of piperidine rings is 1. The molecule has 1 unspecified atom stereocenters. The standard InChI is InChI=1S/C24H29N3O6/c1-6-14(11-12-26(5)23(32)33-24(2,3)4)15-7-8-16-17(13-15)22(31)27(21(16)30)18-9-10-19(28)25-20(18)29/h7-8,11,13,18H,6,9-10,12H2,1-5H3,(H,25,28,29)/b14-11+. The second-order valence-electron chi connectivity index (χ2n) is 9.15. The van der Waals surface area contributed by atoms with Crippen LogP contribution in [0, 0.1) is 0 Å². The summed E-state index contributed by atoms with van der Waals surface area (Å²) in [5.41, 5.74) is 1.51. The highest BCUT2D eigenvalue weighted by Gasteiger charge is 2.44. The maximum Gasteiger partial charge on any atom is 0.410 e. The van der Waals surface area contributed by atoms with Crippen molar-refractivity contribution in [1.29, 1.82) is 0 Å². The Hall–Kier alpha value is -3.49. The highest BCUT2D eigenvalue weighted by atomic mass is 16.6. The lowest BCUT2D eigenvalue weighted by atomic mass is 9.98. The van der Waals surface area contributed by atoms with E-state index >= 15 is 0 Å². The van der Waals surface area contributed by atoms with E-state index in [-0.39, 0.29) is 24.0 Å². The van der Waals surface area contributed by atoms with Crippen molar-refractivity contribution in [1.82, 2.24) is 15.1 Å². The molecule has 9 nitrogen and oxygen atoms in total. The number of imide groups is 2. The van der Waals surface area contributed by atoms with Crippen LogP contribution in [0.5, 0.6) is 0 Å². The lowest BCUT2D eigenvalue weighted by Crippen LogP contribution is -2.54. The molecule has 1 N–H and O–H groups in total. The van der Waals surface area contributed by atoms with Crippen molar-refractivity contribution in [2.24, 2.45) is 0 Å². The first kappa shape index (κ1) is 24.2. The van der Waals surface area contributed by atoms with Crippen molar-refractivity contribution in [3.05, 3.63) is 41.0 Å². The number of nitrogens with one attached hydrogen (secondary N) is 1. The summed E-state index contributed by atoms with van der Waals surface area (Å²) in [7, 11) is 1.64. The Kier molecular flexibility index (Phi) is 6.71. The molecule has 0 radical (unpaired) electrons. The van der Waals surface area contributed by atoms with Crippen LogP contribution in [0.1, 0.15) is 73.2 Å². The Bertz CT molecular complexity index is 1050. The number of hydrogen-bond acceptors (Lipinski definition) is 6. The van der Waals surface area contributed by atoms with E-state index in [0.717, 1.165) is 16.0 Å². The van der Waals surface area contributed by atoms with E-state index in [1.165, 1.54) is 4.90 Å². The number of nitrogens with zero attached hydrogens (tertiary/aromatic N) is 2. The van der Waals surface area contributed by atoms with Crippen LogP contribution in [-0.2, 0) is 14.3 Å². The van der Waals surface area contributed by atoms with Crippen molar-refractivity contribution in [3.8, 4) is 0 Å². The average molecular weight is 456 g/mol. The van der Waals surface area contributed by atoms with Gasteiger partial charge in [-0.3, -0.25) is 29.4 Å². The fraction of sp³-hybridized carbons (Fsp3) is 0.458. The predicted octanol–water partition coefficient (Wildman–Crippen LogP) is 2.75. The minimum Gasteiger partial charge on any atom is -0.444 e. The first-order valence-corrected chi connectivity index (χ1v) is 10.9. The van der Waals surface area contributed by atoms with Gasteiger partial charge in [0.1, 0.15) is 11.6 Å². The molecule has 1 aromatic rings. The van der Waals surface area contributed by atoms with E-state index in [1.54, 1.807) is 46.0 Å². The van der Waals surface area contributed by atoms with Gasteiger partial charge in [0.25, 0.3) is 11.8 Å². The minimum atomic E-state index is -0.998. The zero-order chi connectivity index (χ0) is 24.5. The molecule has 1 fully saturated rings. The molecule has 0 spiro atoms. The van der Waals surface area contributed by atoms with E-state index in [4.69, 9.17) is 4.74 Å². The van der Waals surface area contributed by atoms with Crippen molar-refractivity contribution in [2.45, 2.75) is 58.6 Å². The summed E-state index contributed by atoms with van der Waals surface area (Å²) in [6, 6.07) is 3.98. The maximum absolute atomic E-state index is 13.0. The van der Waals surface area contributed by atoms with Crippen LogP contribution in [0.3, 0.4) is 0 Å². The van der Waals surface area contributed by atoms with Gasteiger partial charge in [-0.25, -0.2) is 4.79 Å². The van der Waals surface area contributed by atoms with E-state index in [2.05, 4.69) is 5.32 Å². The van der Waals surface area contributed by atoms with Gasteiger partial charge in [0.05, 0.1) is 11.1 Å². The Morgan fingerprint density at radius 3 is 2.45 bits per heavy atom. The number of hydrogen-bond donors (Lipinski definition) is 1. The number of rotatable bonds is 5. The summed E-state index contributed by atoms with van der Waals surface area (Å²) in [5.74, 6) is -2.14. The molecule has 2 heterocycles. The summed E-state index contributed by atoms with van der Waals surface area (Å²) in [5, 5.41) is 2.19. The van der Waals surface area contributed by atoms with Gasteiger partial charge < -0.3 is 9.64 Å². The Balaban J connectivity index is 1.80. The maximum atomic E-state index is 13.0. The number of carbonyl (C=O) groups is 5. The number of amides is 5. The molecule has 33 heavy (non-hydrogen) atoms. The third kappa shape index (κ3) is 5.13. The van der Waals surface area contributed by atoms with Crippen LogP contribution in [0.2, 0.25) is 0 Å². The minimum absolute atomic E-state index is 0.0724. The first-order chi connectivity index (χ1) is 15.4. The number of fused-ring (bicyclic) bond motifs is 1. The van der Waals surface area contributed by atoms with Crippen molar-refractivity contribution < 1.29 is 28.7 Å². The molecule has 1 aromatic carbocycles. The molecule has 0 saturated carbocycles. The first-order valence-electron chi connectivity index (χ1n) is 10.9. The largest absolute Gasteiger partial charge is 0.444 e. The van der Waals surface area contributed by atoms with E-state index in [9.17, 15) is 24.0 Å². The fourth-order valence-corrected chi connectivity index (χ4v) is 3.80. The molecular weight excluding hydrogens is 426 g/mol. The molecule has 0 bridgehead atoms. The van der Waals surface area contributed by atoms with Gasteiger partial charge >= 0.3 is 6.09 Å². The van der Waals surface area contributed by atoms with Gasteiger partial charge in [-0.2, -0.15) is 0 Å². The molecule has 0 aromatic heterocycles. The highest BCUT2D eigenvalue weighted by molar-refractivity contribution is 6.23. The van der Waals surface area contributed by atoms with Crippen LogP contribution in [0.4, 0.5) is 4.79 Å². The second kappa shape index (κ2) is 9.17. The molecule has 1 atom stereocenters. The van der Waals surface area contributed by atoms with E-state index in [0.29, 0.717) is 13.0 Å². The molecule has 176 valence electrons. The molecule has 2 aliphatic heterocycles. The monoisotopic (exact) mass is 455 g/mol. The van der Waals surface area contributed by atoms with Crippen LogP contribution in [0.15, 0.2) is 24.3 Å². The smallest absolute Gasteiger partial charge is 0.410 e. The lowest BCUT2D eigenvalue weighted by molar-refractivity contribution is -0.136. The van der Waals surface area contributed by atoms with Gasteiger partial charge in [-0.1, -0.05) is 19.1 Å². The van der Waals surface area contributed by atoms with Gasteiger partial charge in [0, 0.05) is 20.0 Å². The highest BCUT2D eigenvalue weighted by Crippen LogP contribution is 2.30. The summed E-state index contributed by atoms with van der Waals surface area (Å²) >= 11 is 0. The Morgan fingerprint density at radius 2 is 1.85 bits per heavy atom. The molecule has 2 aliphatic rings. The van der Waals surface area contributed by atoms with Gasteiger partial charge in [0.2, 0.25) is 11.8 Å². The number of carbonyl (C=O) groups excluding carboxylic acids is 5. The zero-order valence-corrected chi connectivity index (χ0v) is 19.6. The molecular formula is C24H29N3O6. The summed E-state index contributed by atoms with van der Waals surface area (Å²) in [6.07, 6.45) is 2.26. The van der Waals surface area contributed by atoms with Crippen molar-refractivity contribution in [3.63, 3.8) is 0 Å². The van der Waals surface area contributed by atoms with Crippen molar-refractivity contribution in [2.75, 3.05) is 13.6 Å². The van der Waals surface area contributed by atoms with Crippen LogP contribution in [-0.4, -0.2) is 64.8 Å². The average Bonchev–Trinajstić information content (AvgIpc) is 2.97. The van der Waals surface area contributed by atoms with Gasteiger partial charge in [0.15, 0.2) is 0 Å². The zero-order valence-electron chi connectivity index (χ0n) is 19.6. The lowest BCUT2D eigenvalue weighted by Gasteiger charge is -2.27. The molecule has 5 amide bonds. The van der Waals surface area contributed by atoms with E-state index < -0.39 is 41.4 Å². The number of benzene rings is 1. The van der Waals surface area contributed by atoms with Gasteiger partial charge in [-0.15, -0.1) is 0 Å². The third-order valence-corrected chi connectivity index (χ3v) is 5.51. The fourth-order valence-electron chi connectivity index (χ4n) is 3.80. The SMILES string of the molecule is CC/C(=C\CN(C)C(=O)OC(C)(C)C)c1ccc2c(c1)C(=O)N(C1CCC(=O)NC1=O)C2=O. The summed E-state index contributed by atoms with van der Waals surface area (Å²) in [4.78, 5) is 64.1. The molecule has 1 saturated heterocycles. The quantitative estimate of drug-likeness (QED) is 0.683. The van der Waals surface area contributed by atoms with Crippen molar-refractivity contribution >= 4 is 35.3 Å². The van der Waals surface area contributed by atoms with Crippen LogP contribution >= 0.6 is 0 Å². The summed E-state index contributed by atoms with van der Waals surface area (Å²) in [6.45, 7) is 7.66. The third-order valence-electron chi connectivity index (χ3n) is 5.51. The van der Waals surface area contributed by atoms with E-state index in [1.807, 2.05) is 13.0 Å². The molecule has 9 heteroatoms. The number of likely N-dealkylation sites (N-methyl/N-ethyl adjacent to an activating group) is 1. The second-order valence-corrected chi connectivity index (χ2v) is 9.15.